The summed E-state index contributed by atoms with van der Waals surface area (Å²) in [5.41, 5.74) is 1.29. The van der Waals surface area contributed by atoms with Crippen LogP contribution in [-0.2, 0) is 0 Å². The molecule has 150 valence electrons. The van der Waals surface area contributed by atoms with Crippen molar-refractivity contribution < 1.29 is 14.3 Å². The fourth-order valence-electron chi connectivity index (χ4n) is 2.24. The third kappa shape index (κ3) is 7.19. The molecule has 2 N–H and O–H groups in total. The van der Waals surface area contributed by atoms with Crippen LogP contribution < -0.4 is 20.1 Å². The molecule has 1 amide bonds. The van der Waals surface area contributed by atoms with Gasteiger partial charge in [0, 0.05) is 11.3 Å². The Balaban J connectivity index is 1.85. The van der Waals surface area contributed by atoms with Gasteiger partial charge in [0.25, 0.3) is 5.91 Å². The lowest BCUT2D eigenvalue weighted by Gasteiger charge is -2.13. The normalized spacial score (nSPS) is 11.6. The van der Waals surface area contributed by atoms with Gasteiger partial charge in [-0.1, -0.05) is 20.8 Å². The van der Waals surface area contributed by atoms with Crippen molar-refractivity contribution in [2.24, 2.45) is 5.92 Å². The Morgan fingerprint density at radius 2 is 1.61 bits per heavy atom. The number of rotatable bonds is 8. The van der Waals surface area contributed by atoms with Gasteiger partial charge < -0.3 is 14.8 Å². The van der Waals surface area contributed by atoms with Crippen LogP contribution in [0, 0.1) is 5.92 Å². The molecule has 0 radical (unpaired) electrons. The molecular formula is C22H28N2O3S. The second kappa shape index (κ2) is 10.7. The van der Waals surface area contributed by atoms with Crippen molar-refractivity contribution in [3.63, 3.8) is 0 Å². The maximum absolute atomic E-state index is 12.3. The van der Waals surface area contributed by atoms with Gasteiger partial charge in [0.05, 0.1) is 12.7 Å². The van der Waals surface area contributed by atoms with Gasteiger partial charge in [-0.3, -0.25) is 10.1 Å². The predicted octanol–water partition coefficient (Wildman–Crippen LogP) is 5.03. The first kappa shape index (κ1) is 21.7. The van der Waals surface area contributed by atoms with Gasteiger partial charge in [-0.05, 0) is 80.0 Å². The predicted molar refractivity (Wildman–Crippen MR) is 117 cm³/mol. The second-order valence-electron chi connectivity index (χ2n) is 7.00. The molecule has 0 heterocycles. The van der Waals surface area contributed by atoms with Crippen molar-refractivity contribution in [1.29, 1.82) is 0 Å². The molecule has 0 aliphatic carbocycles. The molecule has 2 aromatic carbocycles. The minimum atomic E-state index is -0.274. The molecule has 0 spiro atoms. The van der Waals surface area contributed by atoms with Gasteiger partial charge in [-0.15, -0.1) is 0 Å². The zero-order chi connectivity index (χ0) is 20.5. The molecule has 0 saturated heterocycles. The zero-order valence-corrected chi connectivity index (χ0v) is 17.6. The number of nitrogens with one attached hydrogen (secondary N) is 2. The van der Waals surface area contributed by atoms with E-state index in [1.54, 1.807) is 24.3 Å². The Morgan fingerprint density at radius 1 is 1.00 bits per heavy atom. The molecule has 5 nitrogen and oxygen atoms in total. The van der Waals surface area contributed by atoms with Gasteiger partial charge >= 0.3 is 0 Å². The summed E-state index contributed by atoms with van der Waals surface area (Å²) < 4.78 is 11.4. The smallest absolute Gasteiger partial charge is 0.257 e. The molecule has 2 rings (SSSR count). The zero-order valence-electron chi connectivity index (χ0n) is 16.8. The summed E-state index contributed by atoms with van der Waals surface area (Å²) in [7, 11) is 0. The number of ether oxygens (including phenoxy) is 2. The van der Waals surface area contributed by atoms with Crippen LogP contribution in [0.25, 0.3) is 0 Å². The Kier molecular flexibility index (Phi) is 8.26. The van der Waals surface area contributed by atoms with Crippen LogP contribution in [0.5, 0.6) is 11.5 Å². The lowest BCUT2D eigenvalue weighted by molar-refractivity contribution is 0.0977. The van der Waals surface area contributed by atoms with E-state index in [1.165, 1.54) is 0 Å². The third-order valence-corrected chi connectivity index (χ3v) is 4.16. The van der Waals surface area contributed by atoms with Crippen molar-refractivity contribution in [2.75, 3.05) is 11.9 Å². The van der Waals surface area contributed by atoms with Crippen LogP contribution >= 0.6 is 12.2 Å². The maximum atomic E-state index is 12.3. The third-order valence-electron chi connectivity index (χ3n) is 3.95. The molecule has 0 bridgehead atoms. The molecule has 28 heavy (non-hydrogen) atoms. The number of anilines is 1. The SMILES string of the molecule is CCC(C)Oc1ccc(C(=O)NC(=S)Nc2ccc(OCC(C)C)cc2)cc1. The van der Waals surface area contributed by atoms with E-state index in [4.69, 9.17) is 21.7 Å². The fourth-order valence-corrected chi connectivity index (χ4v) is 2.45. The number of amides is 1. The minimum Gasteiger partial charge on any atom is -0.493 e. The summed E-state index contributed by atoms with van der Waals surface area (Å²) in [6, 6.07) is 14.5. The molecule has 0 fully saturated rings. The molecule has 1 unspecified atom stereocenters. The fraction of sp³-hybridized carbons (Fsp3) is 0.364. The number of hydrogen-bond donors (Lipinski definition) is 2. The van der Waals surface area contributed by atoms with Crippen LogP contribution in [0.2, 0.25) is 0 Å². The summed E-state index contributed by atoms with van der Waals surface area (Å²) in [4.78, 5) is 12.3. The monoisotopic (exact) mass is 400 g/mol. The van der Waals surface area contributed by atoms with Crippen molar-refractivity contribution >= 4 is 28.9 Å². The van der Waals surface area contributed by atoms with E-state index in [0.717, 1.165) is 23.6 Å². The minimum absolute atomic E-state index is 0.138. The van der Waals surface area contributed by atoms with E-state index in [1.807, 2.05) is 31.2 Å². The largest absolute Gasteiger partial charge is 0.493 e. The van der Waals surface area contributed by atoms with Crippen LogP contribution in [0.3, 0.4) is 0 Å². The topological polar surface area (TPSA) is 59.6 Å². The average Bonchev–Trinajstić information content (AvgIpc) is 2.67. The highest BCUT2D eigenvalue weighted by atomic mass is 32.1. The molecule has 0 aromatic heterocycles. The van der Waals surface area contributed by atoms with Gasteiger partial charge in [0.2, 0.25) is 0 Å². The lowest BCUT2D eigenvalue weighted by atomic mass is 10.2. The first-order valence-electron chi connectivity index (χ1n) is 9.49. The molecule has 2 aromatic rings. The Morgan fingerprint density at radius 3 is 2.18 bits per heavy atom. The van der Waals surface area contributed by atoms with Crippen LogP contribution in [0.1, 0.15) is 44.5 Å². The van der Waals surface area contributed by atoms with Crippen LogP contribution in [-0.4, -0.2) is 23.7 Å². The number of carbonyl (C=O) groups excluding carboxylic acids is 1. The second-order valence-corrected chi connectivity index (χ2v) is 7.41. The van der Waals surface area contributed by atoms with Crippen molar-refractivity contribution in [1.82, 2.24) is 5.32 Å². The van der Waals surface area contributed by atoms with Gasteiger partial charge in [0.15, 0.2) is 5.11 Å². The number of thiocarbonyl (C=S) groups is 1. The van der Waals surface area contributed by atoms with Crippen LogP contribution in [0.15, 0.2) is 48.5 Å². The first-order valence-corrected chi connectivity index (χ1v) is 9.90. The van der Waals surface area contributed by atoms with Gasteiger partial charge in [0.1, 0.15) is 11.5 Å². The summed E-state index contributed by atoms with van der Waals surface area (Å²) >= 11 is 5.23. The van der Waals surface area contributed by atoms with Gasteiger partial charge in [-0.25, -0.2) is 0 Å². The van der Waals surface area contributed by atoms with Crippen molar-refractivity contribution in [3.05, 3.63) is 54.1 Å². The highest BCUT2D eigenvalue weighted by Gasteiger charge is 2.09. The Bertz CT molecular complexity index is 773. The molecular weight excluding hydrogens is 372 g/mol. The van der Waals surface area contributed by atoms with E-state index in [0.29, 0.717) is 18.1 Å². The summed E-state index contributed by atoms with van der Waals surface area (Å²) in [5.74, 6) is 1.74. The Labute approximate surface area is 172 Å². The van der Waals surface area contributed by atoms with E-state index >= 15 is 0 Å². The number of hydrogen-bond acceptors (Lipinski definition) is 4. The van der Waals surface area contributed by atoms with Gasteiger partial charge in [-0.2, -0.15) is 0 Å². The van der Waals surface area contributed by atoms with Crippen molar-refractivity contribution in [2.45, 2.75) is 40.2 Å². The molecule has 0 aliphatic rings. The number of carbonyl (C=O) groups is 1. The Hall–Kier alpha value is -2.60. The van der Waals surface area contributed by atoms with E-state index in [2.05, 4.69) is 31.4 Å². The molecule has 1 atom stereocenters. The lowest BCUT2D eigenvalue weighted by Crippen LogP contribution is -2.34. The standard InChI is InChI=1S/C22H28N2O3S/c1-5-16(4)27-20-10-6-17(7-11-20)21(25)24-22(28)23-18-8-12-19(13-9-18)26-14-15(2)3/h6-13,15-16H,5,14H2,1-4H3,(H2,23,24,25,28). The highest BCUT2D eigenvalue weighted by Crippen LogP contribution is 2.17. The van der Waals surface area contributed by atoms with E-state index < -0.39 is 0 Å². The van der Waals surface area contributed by atoms with E-state index in [9.17, 15) is 4.79 Å². The van der Waals surface area contributed by atoms with E-state index in [-0.39, 0.29) is 17.1 Å². The number of benzene rings is 2. The summed E-state index contributed by atoms with van der Waals surface area (Å²) in [6.07, 6.45) is 1.06. The summed E-state index contributed by atoms with van der Waals surface area (Å²) in [5, 5.41) is 5.92. The average molecular weight is 401 g/mol. The molecule has 0 aliphatic heterocycles. The molecule has 0 saturated carbocycles. The molecule has 6 heteroatoms. The quantitative estimate of drug-likeness (QED) is 0.609. The van der Waals surface area contributed by atoms with Crippen molar-refractivity contribution in [3.8, 4) is 11.5 Å². The van der Waals surface area contributed by atoms with Crippen LogP contribution in [0.4, 0.5) is 5.69 Å². The maximum Gasteiger partial charge on any atom is 0.257 e. The summed E-state index contributed by atoms with van der Waals surface area (Å²) in [6.45, 7) is 8.94. The first-order chi connectivity index (χ1) is 13.4. The highest BCUT2D eigenvalue weighted by molar-refractivity contribution is 7.80.